The van der Waals surface area contributed by atoms with Crippen molar-refractivity contribution in [3.05, 3.63) is 21.9 Å². The van der Waals surface area contributed by atoms with Crippen LogP contribution in [-0.2, 0) is 13.0 Å². The maximum atomic E-state index is 8.56. The first-order valence-electron chi connectivity index (χ1n) is 4.25. The first-order valence-corrected chi connectivity index (χ1v) is 5.13. The maximum Gasteiger partial charge on any atom is 0.0556 e. The molecule has 2 N–H and O–H groups in total. The van der Waals surface area contributed by atoms with Gasteiger partial charge in [-0.25, -0.2) is 0 Å². The molecule has 1 aromatic heterocycles. The minimum atomic E-state index is 0.215. The predicted octanol–water partition coefficient (Wildman–Crippen LogP) is 1.39. The van der Waals surface area contributed by atoms with E-state index in [1.165, 1.54) is 10.4 Å². The Hall–Kier alpha value is -0.380. The highest BCUT2D eigenvalue weighted by molar-refractivity contribution is 7.10. The Morgan fingerprint density at radius 3 is 3.08 bits per heavy atom. The summed E-state index contributed by atoms with van der Waals surface area (Å²) in [6.45, 7) is 3.95. The fraction of sp³-hybridized carbons (Fsp3) is 0.556. The van der Waals surface area contributed by atoms with Crippen molar-refractivity contribution in [2.45, 2.75) is 19.9 Å². The number of rotatable bonds is 5. The summed E-state index contributed by atoms with van der Waals surface area (Å²) in [5.74, 6) is 0. The molecule has 1 heterocycles. The van der Waals surface area contributed by atoms with Gasteiger partial charge in [-0.3, -0.25) is 0 Å². The normalized spacial score (nSPS) is 10.5. The van der Waals surface area contributed by atoms with Gasteiger partial charge in [0.2, 0.25) is 0 Å². The highest BCUT2D eigenvalue weighted by Gasteiger charge is 2.00. The van der Waals surface area contributed by atoms with Crippen LogP contribution >= 0.6 is 11.3 Å². The zero-order chi connectivity index (χ0) is 8.81. The second-order valence-corrected chi connectivity index (χ2v) is 3.62. The lowest BCUT2D eigenvalue weighted by molar-refractivity contribution is 0.292. The summed E-state index contributed by atoms with van der Waals surface area (Å²) in [7, 11) is 0. The standard InChI is InChI=1S/C9H15NOS/c1-2-8-3-6-12-9(8)7-10-4-5-11/h3,6,10-11H,2,4-5,7H2,1H3. The number of aryl methyl sites for hydroxylation is 1. The number of nitrogens with one attached hydrogen (secondary N) is 1. The van der Waals surface area contributed by atoms with Crippen LogP contribution in [0.2, 0.25) is 0 Å². The smallest absolute Gasteiger partial charge is 0.0556 e. The maximum absolute atomic E-state index is 8.56. The lowest BCUT2D eigenvalue weighted by atomic mass is 10.2. The first kappa shape index (κ1) is 9.71. The molecule has 0 saturated heterocycles. The molecule has 0 aliphatic rings. The zero-order valence-electron chi connectivity index (χ0n) is 7.34. The van der Waals surface area contributed by atoms with Crippen LogP contribution < -0.4 is 5.32 Å². The van der Waals surface area contributed by atoms with Gasteiger partial charge < -0.3 is 10.4 Å². The fourth-order valence-corrected chi connectivity index (χ4v) is 2.06. The van der Waals surface area contributed by atoms with E-state index in [1.807, 2.05) is 0 Å². The molecule has 1 rings (SSSR count). The van der Waals surface area contributed by atoms with Crippen molar-refractivity contribution in [1.82, 2.24) is 5.32 Å². The summed E-state index contributed by atoms with van der Waals surface area (Å²) in [6.07, 6.45) is 1.10. The van der Waals surface area contributed by atoms with E-state index in [9.17, 15) is 0 Å². The first-order chi connectivity index (χ1) is 5.88. The molecule has 68 valence electrons. The van der Waals surface area contributed by atoms with E-state index in [2.05, 4.69) is 23.7 Å². The second kappa shape index (κ2) is 5.30. The Labute approximate surface area is 77.2 Å². The molecule has 0 radical (unpaired) electrons. The number of aliphatic hydroxyl groups is 1. The van der Waals surface area contributed by atoms with Crippen molar-refractivity contribution >= 4 is 11.3 Å². The molecule has 2 nitrogen and oxygen atoms in total. The van der Waals surface area contributed by atoms with Gasteiger partial charge in [0.05, 0.1) is 6.61 Å². The zero-order valence-corrected chi connectivity index (χ0v) is 8.16. The monoisotopic (exact) mass is 185 g/mol. The molecule has 0 unspecified atom stereocenters. The average molecular weight is 185 g/mol. The van der Waals surface area contributed by atoms with Gasteiger partial charge in [-0.2, -0.15) is 0 Å². The number of hydrogen-bond donors (Lipinski definition) is 2. The lowest BCUT2D eigenvalue weighted by Crippen LogP contribution is -2.17. The Morgan fingerprint density at radius 2 is 2.42 bits per heavy atom. The van der Waals surface area contributed by atoms with Gasteiger partial charge in [0, 0.05) is 18.0 Å². The van der Waals surface area contributed by atoms with Gasteiger partial charge in [-0.05, 0) is 23.4 Å². The van der Waals surface area contributed by atoms with Crippen LogP contribution in [0.15, 0.2) is 11.4 Å². The third kappa shape index (κ3) is 2.59. The molecule has 12 heavy (non-hydrogen) atoms. The van der Waals surface area contributed by atoms with Crippen molar-refractivity contribution in [2.24, 2.45) is 0 Å². The summed E-state index contributed by atoms with van der Waals surface area (Å²) >= 11 is 1.78. The summed E-state index contributed by atoms with van der Waals surface area (Å²) in [6, 6.07) is 2.17. The molecule has 0 aliphatic heterocycles. The summed E-state index contributed by atoms with van der Waals surface area (Å²) in [5.41, 5.74) is 1.42. The van der Waals surface area contributed by atoms with Crippen LogP contribution in [0.3, 0.4) is 0 Å². The van der Waals surface area contributed by atoms with Crippen LogP contribution in [-0.4, -0.2) is 18.3 Å². The van der Waals surface area contributed by atoms with E-state index in [4.69, 9.17) is 5.11 Å². The number of aliphatic hydroxyl groups excluding tert-OH is 1. The summed E-state index contributed by atoms with van der Waals surface area (Å²) < 4.78 is 0. The topological polar surface area (TPSA) is 32.3 Å². The Kier molecular flexibility index (Phi) is 4.29. The third-order valence-corrected chi connectivity index (χ3v) is 2.76. The van der Waals surface area contributed by atoms with Crippen molar-refractivity contribution in [3.63, 3.8) is 0 Å². The van der Waals surface area contributed by atoms with E-state index in [1.54, 1.807) is 11.3 Å². The average Bonchev–Trinajstić information content (AvgIpc) is 2.52. The van der Waals surface area contributed by atoms with E-state index in [-0.39, 0.29) is 6.61 Å². The van der Waals surface area contributed by atoms with Crippen molar-refractivity contribution in [2.75, 3.05) is 13.2 Å². The van der Waals surface area contributed by atoms with E-state index < -0.39 is 0 Å². The molecule has 0 spiro atoms. The molecule has 0 bridgehead atoms. The molecule has 0 aromatic carbocycles. The third-order valence-electron chi connectivity index (χ3n) is 1.79. The van der Waals surface area contributed by atoms with Crippen molar-refractivity contribution < 1.29 is 5.11 Å². The highest BCUT2D eigenvalue weighted by Crippen LogP contribution is 2.16. The van der Waals surface area contributed by atoms with Crippen LogP contribution in [0.1, 0.15) is 17.4 Å². The van der Waals surface area contributed by atoms with E-state index in [0.717, 1.165) is 13.0 Å². The van der Waals surface area contributed by atoms with Crippen LogP contribution in [0.25, 0.3) is 0 Å². The quantitative estimate of drug-likeness (QED) is 0.679. The molecule has 0 amide bonds. The van der Waals surface area contributed by atoms with Crippen molar-refractivity contribution in [3.8, 4) is 0 Å². The molecular formula is C9H15NOS. The van der Waals surface area contributed by atoms with Gasteiger partial charge in [-0.1, -0.05) is 6.92 Å². The minimum absolute atomic E-state index is 0.215. The predicted molar refractivity (Wildman–Crippen MR) is 52.5 cm³/mol. The Bertz CT molecular complexity index is 222. The SMILES string of the molecule is CCc1ccsc1CNCCO. The molecule has 0 atom stereocenters. The molecule has 0 aliphatic carbocycles. The molecular weight excluding hydrogens is 170 g/mol. The van der Waals surface area contributed by atoms with Crippen LogP contribution in [0, 0.1) is 0 Å². The Balaban J connectivity index is 2.39. The van der Waals surface area contributed by atoms with E-state index in [0.29, 0.717) is 6.54 Å². The van der Waals surface area contributed by atoms with E-state index >= 15 is 0 Å². The Morgan fingerprint density at radius 1 is 1.58 bits per heavy atom. The largest absolute Gasteiger partial charge is 0.395 e. The minimum Gasteiger partial charge on any atom is -0.395 e. The molecule has 3 heteroatoms. The summed E-state index contributed by atoms with van der Waals surface area (Å²) in [4.78, 5) is 1.39. The number of hydrogen-bond acceptors (Lipinski definition) is 3. The second-order valence-electron chi connectivity index (χ2n) is 2.62. The highest BCUT2D eigenvalue weighted by atomic mass is 32.1. The van der Waals surface area contributed by atoms with Gasteiger partial charge in [0.25, 0.3) is 0 Å². The van der Waals surface area contributed by atoms with Gasteiger partial charge >= 0.3 is 0 Å². The molecule has 1 aromatic rings. The molecule has 0 fully saturated rings. The van der Waals surface area contributed by atoms with Gasteiger partial charge in [0.1, 0.15) is 0 Å². The van der Waals surface area contributed by atoms with Gasteiger partial charge in [-0.15, -0.1) is 11.3 Å². The van der Waals surface area contributed by atoms with Crippen LogP contribution in [0.5, 0.6) is 0 Å². The molecule has 0 saturated carbocycles. The lowest BCUT2D eigenvalue weighted by Gasteiger charge is -2.02. The van der Waals surface area contributed by atoms with Crippen LogP contribution in [0.4, 0.5) is 0 Å². The summed E-state index contributed by atoms with van der Waals surface area (Å²) in [5, 5.41) is 13.9. The van der Waals surface area contributed by atoms with Crippen molar-refractivity contribution in [1.29, 1.82) is 0 Å². The fourth-order valence-electron chi connectivity index (χ4n) is 1.12. The van der Waals surface area contributed by atoms with Gasteiger partial charge in [0.15, 0.2) is 0 Å². The number of thiophene rings is 1.